The second-order valence-corrected chi connectivity index (χ2v) is 8.33. The van der Waals surface area contributed by atoms with Crippen LogP contribution < -0.4 is 4.72 Å². The molecule has 0 amide bonds. The Morgan fingerprint density at radius 1 is 1.30 bits per heavy atom. The maximum atomic E-state index is 12.2. The van der Waals surface area contributed by atoms with Gasteiger partial charge in [-0.05, 0) is 36.2 Å². The molecule has 0 fully saturated rings. The second kappa shape index (κ2) is 6.36. The first kappa shape index (κ1) is 15.7. The molecule has 2 N–H and O–H groups in total. The highest BCUT2D eigenvalue weighted by atomic mass is 79.9. The van der Waals surface area contributed by atoms with Crippen LogP contribution in [0.1, 0.15) is 16.0 Å². The van der Waals surface area contributed by atoms with Gasteiger partial charge < -0.3 is 5.11 Å². The van der Waals surface area contributed by atoms with Gasteiger partial charge in [0.2, 0.25) is 10.0 Å². The third-order valence-corrected chi connectivity index (χ3v) is 6.41. The van der Waals surface area contributed by atoms with Crippen molar-refractivity contribution in [2.24, 2.45) is 0 Å². The van der Waals surface area contributed by atoms with Crippen LogP contribution in [0.15, 0.2) is 39.0 Å². The molecule has 0 saturated heterocycles. The van der Waals surface area contributed by atoms with E-state index in [4.69, 9.17) is 5.11 Å². The van der Waals surface area contributed by atoms with Gasteiger partial charge in [-0.15, -0.1) is 11.3 Å². The average molecular weight is 376 g/mol. The summed E-state index contributed by atoms with van der Waals surface area (Å²) < 4.78 is 28.1. The minimum Gasteiger partial charge on any atom is -0.391 e. The summed E-state index contributed by atoms with van der Waals surface area (Å²) >= 11 is 4.43. The van der Waals surface area contributed by atoms with Gasteiger partial charge in [0.15, 0.2) is 0 Å². The van der Waals surface area contributed by atoms with Crippen LogP contribution in [0.5, 0.6) is 0 Å². The third kappa shape index (κ3) is 3.67. The van der Waals surface area contributed by atoms with E-state index < -0.39 is 10.0 Å². The number of aryl methyl sites for hydroxylation is 1. The van der Waals surface area contributed by atoms with Crippen molar-refractivity contribution < 1.29 is 13.5 Å². The Morgan fingerprint density at radius 2 is 1.95 bits per heavy atom. The third-order valence-electron chi connectivity index (χ3n) is 2.79. The van der Waals surface area contributed by atoms with Crippen molar-refractivity contribution in [1.82, 2.24) is 4.72 Å². The van der Waals surface area contributed by atoms with Crippen LogP contribution in [0.4, 0.5) is 0 Å². The molecule has 4 nitrogen and oxygen atoms in total. The number of sulfonamides is 1. The normalized spacial score (nSPS) is 11.8. The van der Waals surface area contributed by atoms with Crippen molar-refractivity contribution in [1.29, 1.82) is 0 Å². The zero-order chi connectivity index (χ0) is 14.8. The molecule has 1 aromatic carbocycles. The Bertz CT molecular complexity index is 693. The van der Waals surface area contributed by atoms with Crippen molar-refractivity contribution in [3.8, 4) is 0 Å². The summed E-state index contributed by atoms with van der Waals surface area (Å²) in [5, 5.41) is 9.12. The summed E-state index contributed by atoms with van der Waals surface area (Å²) in [5.74, 6) is 0. The van der Waals surface area contributed by atoms with Crippen molar-refractivity contribution in [2.75, 3.05) is 0 Å². The SMILES string of the molecule is Cc1cc(S(=O)(=O)NCc2ccc(Br)cc2)sc1CO. The van der Waals surface area contributed by atoms with Crippen molar-refractivity contribution in [3.63, 3.8) is 0 Å². The number of aliphatic hydroxyl groups is 1. The molecule has 2 rings (SSSR count). The van der Waals surface area contributed by atoms with E-state index in [0.717, 1.165) is 26.9 Å². The van der Waals surface area contributed by atoms with Crippen LogP contribution in [-0.4, -0.2) is 13.5 Å². The monoisotopic (exact) mass is 375 g/mol. The van der Waals surface area contributed by atoms with Gasteiger partial charge in [-0.2, -0.15) is 0 Å². The summed E-state index contributed by atoms with van der Waals surface area (Å²) in [7, 11) is -3.53. The molecule has 0 spiro atoms. The second-order valence-electron chi connectivity index (χ2n) is 4.28. The predicted molar refractivity (Wildman–Crippen MR) is 83.1 cm³/mol. The number of halogens is 1. The number of thiophene rings is 1. The van der Waals surface area contributed by atoms with Crippen LogP contribution in [0, 0.1) is 6.92 Å². The largest absolute Gasteiger partial charge is 0.391 e. The molecular formula is C13H14BrNO3S2. The lowest BCUT2D eigenvalue weighted by molar-refractivity contribution is 0.285. The molecule has 0 saturated carbocycles. The molecule has 1 aromatic heterocycles. The minimum atomic E-state index is -3.53. The molecule has 0 atom stereocenters. The summed E-state index contributed by atoms with van der Waals surface area (Å²) in [5.41, 5.74) is 1.67. The molecule has 1 heterocycles. The number of nitrogens with one attached hydrogen (secondary N) is 1. The number of rotatable bonds is 5. The Labute approximate surface area is 130 Å². The molecule has 108 valence electrons. The van der Waals surface area contributed by atoms with Gasteiger partial charge in [-0.1, -0.05) is 28.1 Å². The van der Waals surface area contributed by atoms with Crippen LogP contribution in [0.3, 0.4) is 0 Å². The molecule has 0 aliphatic rings. The molecular weight excluding hydrogens is 362 g/mol. The van der Waals surface area contributed by atoms with E-state index in [-0.39, 0.29) is 17.4 Å². The lowest BCUT2D eigenvalue weighted by Gasteiger charge is -2.05. The van der Waals surface area contributed by atoms with E-state index >= 15 is 0 Å². The Balaban J connectivity index is 2.12. The Hall–Kier alpha value is -0.730. The van der Waals surface area contributed by atoms with Crippen molar-refractivity contribution >= 4 is 37.3 Å². The maximum Gasteiger partial charge on any atom is 0.250 e. The molecule has 0 bridgehead atoms. The molecule has 2 aromatic rings. The molecule has 7 heteroatoms. The maximum absolute atomic E-state index is 12.2. The van der Waals surface area contributed by atoms with Gasteiger partial charge in [0.25, 0.3) is 0 Å². The molecule has 20 heavy (non-hydrogen) atoms. The zero-order valence-corrected chi connectivity index (χ0v) is 14.0. The van der Waals surface area contributed by atoms with Gasteiger partial charge >= 0.3 is 0 Å². The minimum absolute atomic E-state index is 0.140. The fourth-order valence-corrected chi connectivity index (χ4v) is 4.41. The Morgan fingerprint density at radius 3 is 2.50 bits per heavy atom. The van der Waals surface area contributed by atoms with Crippen molar-refractivity contribution in [3.05, 3.63) is 50.8 Å². The van der Waals surface area contributed by atoms with Gasteiger partial charge in [-0.3, -0.25) is 0 Å². The summed E-state index contributed by atoms with van der Waals surface area (Å²) in [6.45, 7) is 1.88. The van der Waals surface area contributed by atoms with Crippen molar-refractivity contribution in [2.45, 2.75) is 24.3 Å². The fraction of sp³-hybridized carbons (Fsp3) is 0.231. The molecule has 0 aliphatic carbocycles. The number of hydrogen-bond donors (Lipinski definition) is 2. The van der Waals surface area contributed by atoms with E-state index in [9.17, 15) is 8.42 Å². The van der Waals surface area contributed by atoms with E-state index in [1.165, 1.54) is 0 Å². The average Bonchev–Trinajstić information content (AvgIpc) is 2.80. The van der Waals surface area contributed by atoms with Gasteiger partial charge in [0.05, 0.1) is 6.61 Å². The highest BCUT2D eigenvalue weighted by molar-refractivity contribution is 9.10. The Kier molecular flexibility index (Phi) is 4.98. The predicted octanol–water partition coefficient (Wildman–Crippen LogP) is 2.79. The van der Waals surface area contributed by atoms with Gasteiger partial charge in [0.1, 0.15) is 4.21 Å². The van der Waals surface area contributed by atoms with E-state index in [1.54, 1.807) is 13.0 Å². The summed E-state index contributed by atoms with van der Waals surface area (Å²) in [6.07, 6.45) is 0. The lowest BCUT2D eigenvalue weighted by atomic mass is 10.2. The van der Waals surface area contributed by atoms with Crippen LogP contribution in [0.2, 0.25) is 0 Å². The van der Waals surface area contributed by atoms with Gasteiger partial charge in [-0.25, -0.2) is 13.1 Å². The fourth-order valence-electron chi connectivity index (χ4n) is 1.63. The lowest BCUT2D eigenvalue weighted by Crippen LogP contribution is -2.22. The molecule has 0 unspecified atom stereocenters. The number of aliphatic hydroxyl groups excluding tert-OH is 1. The van der Waals surface area contributed by atoms with Crippen LogP contribution >= 0.6 is 27.3 Å². The van der Waals surface area contributed by atoms with E-state index in [2.05, 4.69) is 20.7 Å². The topological polar surface area (TPSA) is 66.4 Å². The first-order valence-electron chi connectivity index (χ1n) is 5.86. The van der Waals surface area contributed by atoms with Gasteiger partial charge in [0, 0.05) is 15.9 Å². The number of hydrogen-bond acceptors (Lipinski definition) is 4. The highest BCUT2D eigenvalue weighted by Gasteiger charge is 2.18. The van der Waals surface area contributed by atoms with Crippen LogP contribution in [0.25, 0.3) is 0 Å². The molecule has 0 radical (unpaired) electrons. The van der Waals surface area contributed by atoms with Crippen LogP contribution in [-0.2, 0) is 23.2 Å². The standard InChI is InChI=1S/C13H14BrNO3S2/c1-9-6-13(19-12(9)8-16)20(17,18)15-7-10-2-4-11(14)5-3-10/h2-6,15-16H,7-8H2,1H3. The quantitative estimate of drug-likeness (QED) is 0.844. The summed E-state index contributed by atoms with van der Waals surface area (Å²) in [6, 6.07) is 9.02. The zero-order valence-electron chi connectivity index (χ0n) is 10.8. The first-order chi connectivity index (χ1) is 9.42. The van der Waals surface area contributed by atoms with E-state index in [1.807, 2.05) is 24.3 Å². The highest BCUT2D eigenvalue weighted by Crippen LogP contribution is 2.26. The first-order valence-corrected chi connectivity index (χ1v) is 8.96. The smallest absolute Gasteiger partial charge is 0.250 e. The summed E-state index contributed by atoms with van der Waals surface area (Å²) in [4.78, 5) is 0.675. The number of benzene rings is 1. The molecule has 0 aliphatic heterocycles. The van der Waals surface area contributed by atoms with E-state index in [0.29, 0.717) is 4.88 Å².